The van der Waals surface area contributed by atoms with Crippen molar-refractivity contribution in [3.05, 3.63) is 60.0 Å². The lowest BCUT2D eigenvalue weighted by atomic mass is 10.0. The molecule has 1 N–H and O–H groups in total. The molecule has 1 fully saturated rings. The topological polar surface area (TPSA) is 114 Å². The number of rotatable bonds is 5. The molecule has 10 heteroatoms. The Morgan fingerprint density at radius 2 is 2.07 bits per heavy atom. The first-order valence-electron chi connectivity index (χ1n) is 8.46. The molecule has 1 aromatic carbocycles. The summed E-state index contributed by atoms with van der Waals surface area (Å²) in [5, 5.41) is 18.6. The third-order valence-electron chi connectivity index (χ3n) is 4.57. The number of hydrogen-bond donors (Lipinski definition) is 1. The molecule has 1 saturated heterocycles. The molecule has 1 atom stereocenters. The number of sulfonamides is 1. The molecule has 9 nitrogen and oxygen atoms in total. The predicted molar refractivity (Wildman–Crippen MR) is 94.1 cm³/mol. The summed E-state index contributed by atoms with van der Waals surface area (Å²) in [5.74, 6) is 0.430. The van der Waals surface area contributed by atoms with Gasteiger partial charge in [-0.2, -0.15) is 14.4 Å². The molecule has 27 heavy (non-hydrogen) atoms. The first kappa shape index (κ1) is 17.8. The summed E-state index contributed by atoms with van der Waals surface area (Å²) >= 11 is 0. The van der Waals surface area contributed by atoms with Crippen molar-refractivity contribution >= 4 is 10.0 Å². The van der Waals surface area contributed by atoms with Crippen LogP contribution in [0.25, 0.3) is 0 Å². The molecule has 0 spiro atoms. The fourth-order valence-corrected chi connectivity index (χ4v) is 4.56. The van der Waals surface area contributed by atoms with E-state index in [0.717, 1.165) is 5.56 Å². The molecule has 3 heterocycles. The molecule has 1 unspecified atom stereocenters. The van der Waals surface area contributed by atoms with Crippen molar-refractivity contribution in [2.45, 2.75) is 30.4 Å². The number of aryl methyl sites for hydroxylation is 1. The molecule has 0 aliphatic carbocycles. The molecule has 4 rings (SSSR count). The van der Waals surface area contributed by atoms with E-state index < -0.39 is 15.6 Å². The third kappa shape index (κ3) is 3.38. The average molecular weight is 389 g/mol. The Labute approximate surface area is 156 Å². The zero-order valence-corrected chi connectivity index (χ0v) is 15.5. The van der Waals surface area contributed by atoms with Gasteiger partial charge in [-0.1, -0.05) is 35.5 Å². The van der Waals surface area contributed by atoms with Crippen LogP contribution in [-0.4, -0.2) is 50.8 Å². The van der Waals surface area contributed by atoms with Crippen LogP contribution in [0.15, 0.2) is 52.1 Å². The van der Waals surface area contributed by atoms with Gasteiger partial charge in [0.2, 0.25) is 10.0 Å². The van der Waals surface area contributed by atoms with Crippen LogP contribution in [0, 0.1) is 6.92 Å². The number of aliphatic hydroxyl groups is 1. The Kier molecular flexibility index (Phi) is 4.33. The molecule has 1 aliphatic heterocycles. The Morgan fingerprint density at radius 3 is 2.78 bits per heavy atom. The number of β-amino-alcohol motifs (C(OH)–C–C–N with tert-alkyl or cyclic N) is 1. The van der Waals surface area contributed by atoms with Gasteiger partial charge in [0.25, 0.3) is 5.89 Å². The summed E-state index contributed by atoms with van der Waals surface area (Å²) in [6.07, 6.45) is 3.01. The Hall–Kier alpha value is -2.56. The maximum atomic E-state index is 12.9. The monoisotopic (exact) mass is 389 g/mol. The van der Waals surface area contributed by atoms with Crippen LogP contribution < -0.4 is 0 Å². The smallest absolute Gasteiger partial charge is 0.260 e. The summed E-state index contributed by atoms with van der Waals surface area (Å²) in [6.45, 7) is 2.13. The highest BCUT2D eigenvalue weighted by Gasteiger charge is 2.46. The van der Waals surface area contributed by atoms with E-state index in [1.807, 2.05) is 30.3 Å². The van der Waals surface area contributed by atoms with E-state index in [9.17, 15) is 13.5 Å². The SMILES string of the molecule is Cc1noc(C2(O)CCN(S(=O)(=O)c3cnn(Cc4ccccc4)c3)C2)n1. The standard InChI is InChI=1S/C17H19N5O4S/c1-13-19-16(26-20-13)17(23)7-8-22(12-17)27(24,25)15-9-18-21(11-15)10-14-5-3-2-4-6-14/h2-6,9,11,23H,7-8,10,12H2,1H3. The summed E-state index contributed by atoms with van der Waals surface area (Å²) in [7, 11) is -3.78. The summed E-state index contributed by atoms with van der Waals surface area (Å²) in [6, 6.07) is 9.65. The molecule has 0 radical (unpaired) electrons. The first-order chi connectivity index (χ1) is 12.9. The van der Waals surface area contributed by atoms with E-state index in [0.29, 0.717) is 12.4 Å². The van der Waals surface area contributed by atoms with Crippen LogP contribution in [0.2, 0.25) is 0 Å². The molecular formula is C17H19N5O4S. The van der Waals surface area contributed by atoms with Crippen molar-refractivity contribution in [1.29, 1.82) is 0 Å². The van der Waals surface area contributed by atoms with Crippen LogP contribution in [0.5, 0.6) is 0 Å². The fraction of sp³-hybridized carbons (Fsp3) is 0.353. The van der Waals surface area contributed by atoms with Crippen LogP contribution in [-0.2, 0) is 22.2 Å². The quantitative estimate of drug-likeness (QED) is 0.689. The van der Waals surface area contributed by atoms with Gasteiger partial charge in [0.1, 0.15) is 4.90 Å². The molecule has 1 aliphatic rings. The van der Waals surface area contributed by atoms with Gasteiger partial charge >= 0.3 is 0 Å². The average Bonchev–Trinajstić information content (AvgIpc) is 3.37. The highest BCUT2D eigenvalue weighted by Crippen LogP contribution is 2.33. The number of nitrogens with zero attached hydrogens (tertiary/aromatic N) is 5. The van der Waals surface area contributed by atoms with E-state index in [-0.39, 0.29) is 30.3 Å². The Balaban J connectivity index is 1.52. The van der Waals surface area contributed by atoms with Gasteiger partial charge in [-0.15, -0.1) is 0 Å². The minimum atomic E-state index is -3.78. The van der Waals surface area contributed by atoms with E-state index in [4.69, 9.17) is 4.52 Å². The zero-order chi connectivity index (χ0) is 19.1. The van der Waals surface area contributed by atoms with Crippen molar-refractivity contribution in [2.24, 2.45) is 0 Å². The van der Waals surface area contributed by atoms with Crippen LogP contribution in [0.3, 0.4) is 0 Å². The molecule has 0 bridgehead atoms. The van der Waals surface area contributed by atoms with E-state index >= 15 is 0 Å². The minimum Gasteiger partial charge on any atom is -0.379 e. The second-order valence-electron chi connectivity index (χ2n) is 6.63. The number of aromatic nitrogens is 4. The third-order valence-corrected chi connectivity index (χ3v) is 6.37. The fourth-order valence-electron chi connectivity index (χ4n) is 3.11. The highest BCUT2D eigenvalue weighted by atomic mass is 32.2. The van der Waals surface area contributed by atoms with Crippen LogP contribution in [0.1, 0.15) is 23.7 Å². The second kappa shape index (κ2) is 6.55. The molecule has 3 aromatic rings. The largest absolute Gasteiger partial charge is 0.379 e. The van der Waals surface area contributed by atoms with Crippen molar-refractivity contribution < 1.29 is 18.0 Å². The molecule has 0 saturated carbocycles. The van der Waals surface area contributed by atoms with Crippen LogP contribution in [0.4, 0.5) is 0 Å². The predicted octanol–water partition coefficient (Wildman–Crippen LogP) is 0.905. The maximum absolute atomic E-state index is 12.9. The summed E-state index contributed by atoms with van der Waals surface area (Å²) in [5.41, 5.74) is -0.458. The Bertz CT molecular complexity index is 1050. The number of hydrogen-bond acceptors (Lipinski definition) is 7. The van der Waals surface area contributed by atoms with Crippen LogP contribution >= 0.6 is 0 Å². The lowest BCUT2D eigenvalue weighted by Crippen LogP contribution is -2.34. The van der Waals surface area contributed by atoms with Gasteiger partial charge in [-0.05, 0) is 12.5 Å². The van der Waals surface area contributed by atoms with Crippen molar-refractivity contribution in [1.82, 2.24) is 24.2 Å². The van der Waals surface area contributed by atoms with Gasteiger partial charge in [0.15, 0.2) is 11.4 Å². The van der Waals surface area contributed by atoms with E-state index in [2.05, 4.69) is 15.2 Å². The normalized spacial score (nSPS) is 21.0. The molecule has 0 amide bonds. The van der Waals surface area contributed by atoms with Crippen molar-refractivity contribution in [3.63, 3.8) is 0 Å². The maximum Gasteiger partial charge on any atom is 0.260 e. The minimum absolute atomic E-state index is 0.0393. The lowest BCUT2D eigenvalue weighted by molar-refractivity contribution is 0.0194. The van der Waals surface area contributed by atoms with Crippen molar-refractivity contribution in [2.75, 3.05) is 13.1 Å². The molecule has 142 valence electrons. The summed E-state index contributed by atoms with van der Waals surface area (Å²) in [4.78, 5) is 4.13. The van der Waals surface area contributed by atoms with E-state index in [1.54, 1.807) is 11.6 Å². The highest BCUT2D eigenvalue weighted by molar-refractivity contribution is 7.89. The Morgan fingerprint density at radius 1 is 1.30 bits per heavy atom. The second-order valence-corrected chi connectivity index (χ2v) is 8.56. The van der Waals surface area contributed by atoms with Gasteiger partial charge in [-0.25, -0.2) is 8.42 Å². The van der Waals surface area contributed by atoms with Crippen molar-refractivity contribution in [3.8, 4) is 0 Å². The lowest BCUT2D eigenvalue weighted by Gasteiger charge is -2.19. The van der Waals surface area contributed by atoms with Gasteiger partial charge < -0.3 is 9.63 Å². The van der Waals surface area contributed by atoms with Gasteiger partial charge in [-0.3, -0.25) is 4.68 Å². The number of benzene rings is 1. The molecular weight excluding hydrogens is 370 g/mol. The van der Waals surface area contributed by atoms with Gasteiger partial charge in [0, 0.05) is 19.2 Å². The van der Waals surface area contributed by atoms with Gasteiger partial charge in [0.05, 0.1) is 19.3 Å². The first-order valence-corrected chi connectivity index (χ1v) is 9.90. The molecule has 2 aromatic heterocycles. The van der Waals surface area contributed by atoms with E-state index in [1.165, 1.54) is 16.7 Å². The zero-order valence-electron chi connectivity index (χ0n) is 14.7. The summed E-state index contributed by atoms with van der Waals surface area (Å²) < 4.78 is 33.7.